The van der Waals surface area contributed by atoms with Crippen LogP contribution in [0.4, 0.5) is 0 Å². The zero-order valence-corrected chi connectivity index (χ0v) is 17.9. The second kappa shape index (κ2) is 7.33. The average molecular weight is 447 g/mol. The number of aryl methyl sites for hydroxylation is 1. The van der Waals surface area contributed by atoms with Crippen molar-refractivity contribution in [1.82, 2.24) is 4.90 Å². The van der Waals surface area contributed by atoms with Gasteiger partial charge in [0.1, 0.15) is 17.1 Å². The van der Waals surface area contributed by atoms with Crippen LogP contribution in [0.25, 0.3) is 10.8 Å². The number of amides is 1. The van der Waals surface area contributed by atoms with Crippen LogP contribution in [-0.4, -0.2) is 63.4 Å². The van der Waals surface area contributed by atoms with Crippen molar-refractivity contribution in [3.63, 3.8) is 0 Å². The van der Waals surface area contributed by atoms with Crippen LogP contribution >= 0.6 is 0 Å². The summed E-state index contributed by atoms with van der Waals surface area (Å²) in [6.07, 6.45) is 0.0342. The minimum atomic E-state index is -2.56. The van der Waals surface area contributed by atoms with Gasteiger partial charge in [0.05, 0.1) is 11.6 Å². The van der Waals surface area contributed by atoms with Gasteiger partial charge < -0.3 is 33.5 Å². The molecule has 0 fully saturated rings. The van der Waals surface area contributed by atoms with Gasteiger partial charge in [-0.1, -0.05) is 24.3 Å². The van der Waals surface area contributed by atoms with Crippen LogP contribution in [0.3, 0.4) is 0 Å². The summed E-state index contributed by atoms with van der Waals surface area (Å²) in [5.74, 6) is -5.37. The number of fused-ring (bicyclic) bond motifs is 3. The number of aromatic hydroxyl groups is 1. The van der Waals surface area contributed by atoms with Gasteiger partial charge in [0, 0.05) is 11.3 Å². The smallest absolute Gasteiger partial charge is 1.00 e. The molecule has 3 unspecified atom stereocenters. The molecule has 2 aromatic rings. The second-order valence-electron chi connectivity index (χ2n) is 8.14. The molecule has 31 heavy (non-hydrogen) atoms. The average Bonchev–Trinajstić information content (AvgIpc) is 2.68. The van der Waals surface area contributed by atoms with Crippen LogP contribution in [0.5, 0.6) is 5.75 Å². The Morgan fingerprint density at radius 3 is 2.32 bits per heavy atom. The van der Waals surface area contributed by atoms with E-state index >= 15 is 0 Å². The third-order valence-electron chi connectivity index (χ3n) is 6.41. The van der Waals surface area contributed by atoms with Gasteiger partial charge in [-0.25, -0.2) is 0 Å². The predicted octanol–water partition coefficient (Wildman–Crippen LogP) is -2.13. The summed E-state index contributed by atoms with van der Waals surface area (Å²) in [7, 11) is 3.16. The monoisotopic (exact) mass is 446 g/mol. The van der Waals surface area contributed by atoms with Crippen LogP contribution in [0.15, 0.2) is 35.6 Å². The Balaban J connectivity index is 0.00000181. The van der Waals surface area contributed by atoms with Gasteiger partial charge in [0.25, 0.3) is 5.91 Å². The van der Waals surface area contributed by atoms with Crippen LogP contribution in [-0.2, 0) is 16.0 Å². The zero-order valence-electron chi connectivity index (χ0n) is 18.1. The quantitative estimate of drug-likeness (QED) is 0.386. The molecule has 9 heteroatoms. The maximum Gasteiger partial charge on any atom is 1.00 e. The molecule has 0 spiro atoms. The Morgan fingerprint density at radius 1 is 1.19 bits per heavy atom. The minimum absolute atomic E-state index is 0. The first-order chi connectivity index (χ1) is 14.0. The summed E-state index contributed by atoms with van der Waals surface area (Å²) >= 11 is 0. The Hall–Kier alpha value is -2.94. The Bertz CT molecular complexity index is 1190. The van der Waals surface area contributed by atoms with Crippen molar-refractivity contribution in [2.75, 3.05) is 14.1 Å². The third kappa shape index (κ3) is 2.79. The SMILES string of the molecule is Cc1c2c(c(O)c3ccccc13)C(=O)C1(O)C(O)=C(C(N)=O)C(=O)C(N(C)C)C1C2.[Cl-].[H+]. The van der Waals surface area contributed by atoms with E-state index in [-0.39, 0.29) is 31.6 Å². The summed E-state index contributed by atoms with van der Waals surface area (Å²) in [6, 6.07) is 5.91. The van der Waals surface area contributed by atoms with Gasteiger partial charge >= 0.3 is 1.43 Å². The molecule has 0 aliphatic heterocycles. The van der Waals surface area contributed by atoms with E-state index in [4.69, 9.17) is 5.73 Å². The van der Waals surface area contributed by atoms with Gasteiger partial charge in [-0.3, -0.25) is 19.3 Å². The van der Waals surface area contributed by atoms with Crippen molar-refractivity contribution in [3.8, 4) is 5.75 Å². The highest BCUT2D eigenvalue weighted by atomic mass is 35.5. The standard InChI is InChI=1S/C22H22N2O6.ClH/c1-9-10-6-4-5-7-11(10)17(25)14-12(9)8-13-16(24(2)3)18(26)15(21(23)29)20(28)22(13,30)19(14)27;/h4-7,13,16,25,28,30H,8H2,1-3H3,(H2,23,29);1H. The molecule has 8 nitrogen and oxygen atoms in total. The Morgan fingerprint density at radius 2 is 1.77 bits per heavy atom. The maximum absolute atomic E-state index is 13.6. The maximum atomic E-state index is 13.6. The molecule has 0 bridgehead atoms. The van der Waals surface area contributed by atoms with Crippen LogP contribution in [0.2, 0.25) is 0 Å². The number of hydrogen-bond donors (Lipinski definition) is 4. The summed E-state index contributed by atoms with van der Waals surface area (Å²) in [4.78, 5) is 39.9. The summed E-state index contributed by atoms with van der Waals surface area (Å²) < 4.78 is 0. The van der Waals surface area contributed by atoms with Crippen molar-refractivity contribution in [3.05, 3.63) is 52.3 Å². The molecule has 3 atom stereocenters. The largest absolute Gasteiger partial charge is 1.00 e. The number of phenolic OH excluding ortho intramolecular Hbond substituents is 1. The molecular formula is C22H23ClN2O6. The number of likely N-dealkylation sites (N-methyl/N-ethyl adjacent to an activating group) is 1. The molecule has 1 amide bonds. The number of benzene rings is 2. The van der Waals surface area contributed by atoms with E-state index in [9.17, 15) is 29.7 Å². The molecule has 0 aromatic heterocycles. The van der Waals surface area contributed by atoms with Crippen LogP contribution < -0.4 is 18.1 Å². The fourth-order valence-electron chi connectivity index (χ4n) is 4.96. The fourth-order valence-corrected chi connectivity index (χ4v) is 4.96. The molecule has 0 heterocycles. The fraction of sp³-hybridized carbons (Fsp3) is 0.318. The predicted molar refractivity (Wildman–Crippen MR) is 109 cm³/mol. The van der Waals surface area contributed by atoms with Gasteiger partial charge in [-0.05, 0) is 44.0 Å². The summed E-state index contributed by atoms with van der Waals surface area (Å²) in [5.41, 5.74) is 3.06. The number of rotatable bonds is 2. The number of nitrogens with zero attached hydrogens (tertiary/aromatic N) is 1. The lowest BCUT2D eigenvalue weighted by Gasteiger charge is -2.47. The number of halogens is 1. The number of primary amides is 1. The number of hydrogen-bond acceptors (Lipinski definition) is 7. The van der Waals surface area contributed by atoms with Gasteiger partial charge in [-0.15, -0.1) is 0 Å². The van der Waals surface area contributed by atoms with E-state index in [2.05, 4.69) is 0 Å². The van der Waals surface area contributed by atoms with Crippen molar-refractivity contribution in [2.45, 2.75) is 25.0 Å². The lowest BCUT2D eigenvalue weighted by molar-refractivity contribution is -0.132. The molecule has 0 saturated heterocycles. The molecule has 2 aromatic carbocycles. The van der Waals surface area contributed by atoms with E-state index in [1.54, 1.807) is 33.2 Å². The van der Waals surface area contributed by atoms with Crippen LogP contribution in [0.1, 0.15) is 22.9 Å². The van der Waals surface area contributed by atoms with Gasteiger partial charge in [0.2, 0.25) is 5.78 Å². The highest BCUT2D eigenvalue weighted by Gasteiger charge is 2.62. The molecule has 5 N–H and O–H groups in total. The molecule has 2 aliphatic carbocycles. The van der Waals surface area contributed by atoms with E-state index in [0.29, 0.717) is 10.9 Å². The first-order valence-electron chi connectivity index (χ1n) is 9.47. The van der Waals surface area contributed by atoms with Crippen molar-refractivity contribution in [2.24, 2.45) is 11.7 Å². The normalized spacial score (nSPS) is 25.3. The summed E-state index contributed by atoms with van der Waals surface area (Å²) in [5, 5.41) is 34.2. The molecule has 0 radical (unpaired) electrons. The Labute approximate surface area is 185 Å². The molecule has 4 rings (SSSR count). The molecule has 164 valence electrons. The van der Waals surface area contributed by atoms with E-state index < -0.39 is 46.4 Å². The molecular weight excluding hydrogens is 424 g/mol. The summed E-state index contributed by atoms with van der Waals surface area (Å²) in [6.45, 7) is 1.80. The first kappa shape index (κ1) is 22.7. The lowest BCUT2D eigenvalue weighted by Crippen LogP contribution is -3.00. The van der Waals surface area contributed by atoms with Crippen molar-refractivity contribution in [1.29, 1.82) is 0 Å². The molecule has 0 saturated carbocycles. The highest BCUT2D eigenvalue weighted by Crippen LogP contribution is 2.49. The van der Waals surface area contributed by atoms with E-state index in [1.165, 1.54) is 4.90 Å². The van der Waals surface area contributed by atoms with Crippen molar-refractivity contribution >= 4 is 28.2 Å². The van der Waals surface area contributed by atoms with E-state index in [0.717, 1.165) is 10.9 Å². The molecule has 2 aliphatic rings. The van der Waals surface area contributed by atoms with Crippen molar-refractivity contribution < 1.29 is 43.5 Å². The number of nitrogens with two attached hydrogens (primary N) is 1. The minimum Gasteiger partial charge on any atom is -1.00 e. The Kier molecular flexibility index (Phi) is 5.38. The number of aliphatic hydroxyl groups is 2. The second-order valence-corrected chi connectivity index (χ2v) is 8.14. The number of Topliss-reactive ketones (excluding diaryl/α,β-unsaturated/α-hetero) is 2. The van der Waals surface area contributed by atoms with Gasteiger partial charge in [0.15, 0.2) is 11.4 Å². The zero-order chi connectivity index (χ0) is 22.1. The number of ketones is 2. The topological polar surface area (TPSA) is 141 Å². The number of carbonyl (C=O) groups excluding carboxylic acids is 3. The van der Waals surface area contributed by atoms with Gasteiger partial charge in [-0.2, -0.15) is 0 Å². The highest BCUT2D eigenvalue weighted by molar-refractivity contribution is 6.25. The number of phenols is 1. The first-order valence-corrected chi connectivity index (χ1v) is 9.47. The third-order valence-corrected chi connectivity index (χ3v) is 6.41. The van der Waals surface area contributed by atoms with Crippen LogP contribution in [0, 0.1) is 12.8 Å². The van der Waals surface area contributed by atoms with E-state index in [1.807, 2.05) is 12.1 Å². The number of carbonyl (C=O) groups is 3. The number of aliphatic hydroxyl groups excluding tert-OH is 1. The lowest BCUT2D eigenvalue weighted by atomic mass is 9.61.